The van der Waals surface area contributed by atoms with E-state index in [4.69, 9.17) is 0 Å². The van der Waals surface area contributed by atoms with Gasteiger partial charge in [-0.2, -0.15) is 0 Å². The summed E-state index contributed by atoms with van der Waals surface area (Å²) < 4.78 is 0. The van der Waals surface area contributed by atoms with Crippen molar-refractivity contribution in [2.45, 2.75) is 6.92 Å². The van der Waals surface area contributed by atoms with E-state index in [1.165, 1.54) is 0 Å². The van der Waals surface area contributed by atoms with Crippen LogP contribution in [0, 0.1) is 6.08 Å². The summed E-state index contributed by atoms with van der Waals surface area (Å²) in [6.07, 6.45) is 6.18. The third kappa shape index (κ3) is 4.93. The molecular weight excluding hydrogens is 356 g/mol. The van der Waals surface area contributed by atoms with E-state index < -0.39 is 0 Å². The average molecular weight is 366 g/mol. The fourth-order valence-electron chi connectivity index (χ4n) is 0.760. The van der Waals surface area contributed by atoms with Crippen molar-refractivity contribution in [3.05, 3.63) is 36.2 Å². The van der Waals surface area contributed by atoms with Crippen molar-refractivity contribution in [2.75, 3.05) is 0 Å². The van der Waals surface area contributed by atoms with E-state index in [0.29, 0.717) is 5.70 Å². The zero-order valence-electron chi connectivity index (χ0n) is 7.26. The van der Waals surface area contributed by atoms with Gasteiger partial charge in [-0.25, -0.2) is 10.9 Å². The molecule has 5 heteroatoms. The van der Waals surface area contributed by atoms with Crippen LogP contribution in [0.3, 0.4) is 0 Å². The maximum Gasteiger partial charge on any atom is 0.320 e. The average Bonchev–Trinajstić information content (AvgIpc) is 1.95. The van der Waals surface area contributed by atoms with Crippen molar-refractivity contribution in [3.63, 3.8) is 0 Å². The van der Waals surface area contributed by atoms with Gasteiger partial charge in [0.15, 0.2) is 0 Å². The van der Waals surface area contributed by atoms with Gasteiger partial charge in [-0.3, -0.25) is 6.08 Å². The molecule has 0 saturated carbocycles. The second-order valence-corrected chi connectivity index (χ2v) is 2.11. The quantitative estimate of drug-likeness (QED) is 0.539. The fraction of sp³-hybridized carbons (Fsp3) is 0.125. The number of halogens is 1. The molecule has 2 N–H and O–H groups in total. The monoisotopic (exact) mass is 366 g/mol. The smallest absolute Gasteiger partial charge is 0.320 e. The van der Waals surface area contributed by atoms with Crippen LogP contribution in [0.15, 0.2) is 30.1 Å². The minimum Gasteiger partial charge on any atom is -0.331 e. The number of rotatable bonds is 1. The molecule has 0 aromatic carbocycles. The summed E-state index contributed by atoms with van der Waals surface area (Å²) in [6.45, 7) is 5.44. The van der Waals surface area contributed by atoms with Gasteiger partial charge in [0.1, 0.15) is 0 Å². The van der Waals surface area contributed by atoms with Crippen LogP contribution in [-0.4, -0.2) is 6.03 Å². The van der Waals surface area contributed by atoms with Gasteiger partial charge >= 0.3 is 6.03 Å². The summed E-state index contributed by atoms with van der Waals surface area (Å²) in [4.78, 5) is 10.7. The van der Waals surface area contributed by atoms with Gasteiger partial charge < -0.3 is 10.6 Å². The van der Waals surface area contributed by atoms with Gasteiger partial charge in [0.25, 0.3) is 0 Å². The first-order valence-electron chi connectivity index (χ1n) is 3.21. The van der Waals surface area contributed by atoms with Crippen molar-refractivity contribution in [2.24, 2.45) is 0 Å². The summed E-state index contributed by atoms with van der Waals surface area (Å²) in [5, 5.41) is 5.03. The zero-order valence-corrected chi connectivity index (χ0v) is 12.4. The van der Waals surface area contributed by atoms with Crippen LogP contribution in [0.4, 0.5) is 4.79 Å². The number of hydrogen-bond acceptors (Lipinski definition) is 1. The third-order valence-corrected chi connectivity index (χ3v) is 1.27. The number of allylic oxidation sites excluding steroid dienone is 2. The summed E-state index contributed by atoms with van der Waals surface area (Å²) in [6, 6.07) is -0.247. The second kappa shape index (κ2) is 7.70. The Bertz CT molecular complexity index is 261. The third-order valence-electron chi connectivity index (χ3n) is 1.27. The topological polar surface area (TPSA) is 41.1 Å². The van der Waals surface area contributed by atoms with E-state index in [2.05, 4.69) is 23.3 Å². The van der Waals surface area contributed by atoms with Crippen LogP contribution in [-0.2, 0) is 32.7 Å². The van der Waals surface area contributed by atoms with E-state index in [0.717, 1.165) is 5.57 Å². The van der Waals surface area contributed by atoms with Gasteiger partial charge in [-0.1, -0.05) is 12.8 Å². The Morgan fingerprint density at radius 3 is 2.69 bits per heavy atom. The van der Waals surface area contributed by atoms with Gasteiger partial charge in [0.05, 0.1) is 0 Å². The molecule has 1 heterocycles. The molecule has 69 valence electrons. The minimum absolute atomic E-state index is 0. The molecule has 1 aliphatic heterocycles. The number of hydrogen-bond donors (Lipinski definition) is 2. The Balaban J connectivity index is 0. The van der Waals surface area contributed by atoms with Crippen molar-refractivity contribution < 1.29 is 37.5 Å². The molecule has 0 saturated heterocycles. The molecule has 0 aliphatic carbocycles. The normalized spacial score (nSPS) is 15.0. The number of nitrogens with one attached hydrogen (secondary N) is 2. The SMILES string of the molecule is C=C1NC(=O)NC=C1C=[C-]C.I.[Y]. The Hall–Kier alpha value is 0.324. The maximum absolute atomic E-state index is 10.7. The fourth-order valence-corrected chi connectivity index (χ4v) is 0.760. The molecule has 1 rings (SSSR count). The minimum atomic E-state index is -0.247. The van der Waals surface area contributed by atoms with E-state index in [1.807, 2.05) is 0 Å². The first kappa shape index (κ1) is 15.8. The Morgan fingerprint density at radius 2 is 2.23 bits per heavy atom. The van der Waals surface area contributed by atoms with Crippen LogP contribution >= 0.6 is 24.0 Å². The van der Waals surface area contributed by atoms with Gasteiger partial charge in [0, 0.05) is 32.7 Å². The Kier molecular flexibility index (Phi) is 9.35. The van der Waals surface area contributed by atoms with Crippen molar-refractivity contribution in [3.8, 4) is 0 Å². The van der Waals surface area contributed by atoms with Crippen molar-refractivity contribution >= 4 is 30.0 Å². The van der Waals surface area contributed by atoms with Gasteiger partial charge in [-0.05, 0) is 5.70 Å². The van der Waals surface area contributed by atoms with E-state index >= 15 is 0 Å². The molecule has 0 bridgehead atoms. The molecule has 0 aromatic rings. The molecule has 0 unspecified atom stereocenters. The van der Waals surface area contributed by atoms with E-state index in [1.54, 1.807) is 19.2 Å². The largest absolute Gasteiger partial charge is 0.331 e. The first-order chi connectivity index (χ1) is 5.24. The summed E-state index contributed by atoms with van der Waals surface area (Å²) in [7, 11) is 0. The predicted molar refractivity (Wildman–Crippen MR) is 57.8 cm³/mol. The molecule has 2 amide bonds. The molecule has 13 heavy (non-hydrogen) atoms. The summed E-state index contributed by atoms with van der Waals surface area (Å²) in [5.74, 6) is 0. The summed E-state index contributed by atoms with van der Waals surface area (Å²) >= 11 is 0. The predicted octanol–water partition coefficient (Wildman–Crippen LogP) is 1.69. The molecule has 0 spiro atoms. The molecular formula is C8H10IN2OY-. The summed E-state index contributed by atoms with van der Waals surface area (Å²) in [5.41, 5.74) is 1.44. The number of amides is 2. The molecule has 0 atom stereocenters. The molecule has 0 aromatic heterocycles. The van der Waals surface area contributed by atoms with Crippen LogP contribution in [0.2, 0.25) is 0 Å². The molecule has 1 aliphatic rings. The first-order valence-corrected chi connectivity index (χ1v) is 3.21. The molecule has 3 nitrogen and oxygen atoms in total. The van der Waals surface area contributed by atoms with Crippen LogP contribution in [0.25, 0.3) is 0 Å². The van der Waals surface area contributed by atoms with Gasteiger partial charge in [-0.15, -0.1) is 36.5 Å². The Morgan fingerprint density at radius 1 is 1.62 bits per heavy atom. The van der Waals surface area contributed by atoms with E-state index in [9.17, 15) is 4.79 Å². The standard InChI is InChI=1S/C8H9N2O.HI.Y/c1-3-4-7-5-9-8(11)10-6(7)2;;/h4-5H,2H2,1H3,(H2,9,10,11);1H;/q-1;;. The number of urea groups is 1. The zero-order chi connectivity index (χ0) is 8.27. The van der Waals surface area contributed by atoms with Gasteiger partial charge in [0.2, 0.25) is 0 Å². The van der Waals surface area contributed by atoms with Crippen molar-refractivity contribution in [1.29, 1.82) is 0 Å². The number of carbonyl (C=O) groups excluding carboxylic acids is 1. The molecule has 0 fully saturated rings. The maximum atomic E-state index is 10.7. The number of carbonyl (C=O) groups is 1. The van der Waals surface area contributed by atoms with Crippen molar-refractivity contribution in [1.82, 2.24) is 10.6 Å². The van der Waals surface area contributed by atoms with Crippen LogP contribution < -0.4 is 10.6 Å². The van der Waals surface area contributed by atoms with Crippen LogP contribution in [0.5, 0.6) is 0 Å². The van der Waals surface area contributed by atoms with E-state index in [-0.39, 0.29) is 62.7 Å². The molecule has 1 radical (unpaired) electrons. The van der Waals surface area contributed by atoms with Crippen LogP contribution in [0.1, 0.15) is 6.92 Å². The Labute approximate surface area is 120 Å². The second-order valence-electron chi connectivity index (χ2n) is 2.11.